The SMILES string of the molecule is O=C(C1NNCC1Cl)N1CCOC(c2ccc(Cl)c(Cl)c2)C1. The van der Waals surface area contributed by atoms with Crippen LogP contribution in [0.3, 0.4) is 0 Å². The van der Waals surface area contributed by atoms with Crippen LogP contribution in [0.4, 0.5) is 0 Å². The molecule has 1 amide bonds. The van der Waals surface area contributed by atoms with Crippen LogP contribution in [-0.2, 0) is 9.53 Å². The molecule has 2 N–H and O–H groups in total. The van der Waals surface area contributed by atoms with Crippen molar-refractivity contribution >= 4 is 40.7 Å². The van der Waals surface area contributed by atoms with E-state index >= 15 is 0 Å². The topological polar surface area (TPSA) is 53.6 Å². The Labute approximate surface area is 143 Å². The van der Waals surface area contributed by atoms with Gasteiger partial charge in [-0.15, -0.1) is 11.6 Å². The molecule has 2 heterocycles. The van der Waals surface area contributed by atoms with Crippen molar-refractivity contribution in [1.82, 2.24) is 15.8 Å². The minimum atomic E-state index is -0.408. The number of morpholine rings is 1. The molecular weight excluding hydrogens is 349 g/mol. The molecule has 2 fully saturated rings. The van der Waals surface area contributed by atoms with Crippen LogP contribution in [0.2, 0.25) is 10.0 Å². The average molecular weight is 365 g/mol. The predicted molar refractivity (Wildman–Crippen MR) is 86.3 cm³/mol. The Bertz CT molecular complexity index is 572. The van der Waals surface area contributed by atoms with E-state index in [0.717, 1.165) is 5.56 Å². The molecule has 2 aliphatic heterocycles. The standard InChI is InChI=1S/C14H16Cl3N3O2/c15-9-2-1-8(5-10(9)16)12-7-20(3-4-22-12)14(21)13-11(17)6-18-19-13/h1-2,5,11-13,18-19H,3-4,6-7H2. The Morgan fingerprint density at radius 2 is 2.14 bits per heavy atom. The monoisotopic (exact) mass is 363 g/mol. The van der Waals surface area contributed by atoms with Crippen LogP contribution in [0.1, 0.15) is 11.7 Å². The summed E-state index contributed by atoms with van der Waals surface area (Å²) in [6, 6.07) is 4.98. The quantitative estimate of drug-likeness (QED) is 0.788. The van der Waals surface area contributed by atoms with Crippen molar-refractivity contribution in [2.45, 2.75) is 17.5 Å². The fourth-order valence-corrected chi connectivity index (χ4v) is 3.21. The molecule has 0 bridgehead atoms. The summed E-state index contributed by atoms with van der Waals surface area (Å²) in [4.78, 5) is 14.3. The summed E-state index contributed by atoms with van der Waals surface area (Å²) in [7, 11) is 0. The first-order valence-corrected chi connectivity index (χ1v) is 8.23. The van der Waals surface area contributed by atoms with Gasteiger partial charge in [0.1, 0.15) is 12.1 Å². The number of nitrogens with one attached hydrogen (secondary N) is 2. The molecule has 2 aliphatic rings. The zero-order chi connectivity index (χ0) is 15.7. The Kier molecular flexibility index (Phi) is 5.12. The molecule has 5 nitrogen and oxygen atoms in total. The Hall–Kier alpha value is -0.560. The minimum absolute atomic E-state index is 0.0154. The number of halogens is 3. The largest absolute Gasteiger partial charge is 0.370 e. The maximum atomic E-state index is 12.5. The lowest BCUT2D eigenvalue weighted by Crippen LogP contribution is -2.52. The van der Waals surface area contributed by atoms with Crippen molar-refractivity contribution in [3.05, 3.63) is 33.8 Å². The summed E-state index contributed by atoms with van der Waals surface area (Å²) in [6.45, 7) is 2.07. The molecule has 0 aromatic heterocycles. The van der Waals surface area contributed by atoms with Crippen LogP contribution in [0.25, 0.3) is 0 Å². The van der Waals surface area contributed by atoms with Gasteiger partial charge in [-0.05, 0) is 17.7 Å². The lowest BCUT2D eigenvalue weighted by atomic mass is 10.1. The predicted octanol–water partition coefficient (Wildman–Crippen LogP) is 1.98. The van der Waals surface area contributed by atoms with Crippen LogP contribution in [0.5, 0.6) is 0 Å². The first-order valence-electron chi connectivity index (χ1n) is 7.04. The maximum absolute atomic E-state index is 12.5. The first-order chi connectivity index (χ1) is 10.6. The number of rotatable bonds is 2. The zero-order valence-electron chi connectivity index (χ0n) is 11.7. The van der Waals surface area contributed by atoms with Crippen LogP contribution in [0, 0.1) is 0 Å². The molecule has 120 valence electrons. The first kappa shape index (κ1) is 16.3. The molecule has 0 saturated carbocycles. The van der Waals surface area contributed by atoms with E-state index in [-0.39, 0.29) is 17.4 Å². The van der Waals surface area contributed by atoms with Gasteiger partial charge in [0.25, 0.3) is 0 Å². The number of carbonyl (C=O) groups is 1. The number of ether oxygens (including phenoxy) is 1. The Balaban J connectivity index is 1.71. The molecule has 1 aromatic rings. The molecule has 8 heteroatoms. The number of hydrogen-bond donors (Lipinski definition) is 2. The van der Waals surface area contributed by atoms with Crippen molar-refractivity contribution in [3.8, 4) is 0 Å². The summed E-state index contributed by atoms with van der Waals surface area (Å²) in [5.41, 5.74) is 6.74. The minimum Gasteiger partial charge on any atom is -0.370 e. The highest BCUT2D eigenvalue weighted by atomic mass is 35.5. The summed E-state index contributed by atoms with van der Waals surface area (Å²) < 4.78 is 5.76. The fourth-order valence-electron chi connectivity index (χ4n) is 2.65. The van der Waals surface area contributed by atoms with Gasteiger partial charge in [-0.25, -0.2) is 5.43 Å². The Morgan fingerprint density at radius 1 is 1.32 bits per heavy atom. The van der Waals surface area contributed by atoms with Crippen LogP contribution in [0.15, 0.2) is 18.2 Å². The van der Waals surface area contributed by atoms with Crippen molar-refractivity contribution in [2.75, 3.05) is 26.2 Å². The summed E-state index contributed by atoms with van der Waals surface area (Å²) in [5.74, 6) is -0.0154. The van der Waals surface area contributed by atoms with Crippen molar-refractivity contribution in [1.29, 1.82) is 0 Å². The molecule has 3 atom stereocenters. The normalized spacial score (nSPS) is 28.9. The number of carbonyl (C=O) groups excluding carboxylic acids is 1. The lowest BCUT2D eigenvalue weighted by molar-refractivity contribution is -0.140. The molecule has 22 heavy (non-hydrogen) atoms. The second-order valence-corrected chi connectivity index (χ2v) is 6.71. The summed E-state index contributed by atoms with van der Waals surface area (Å²) in [6.07, 6.45) is -0.212. The zero-order valence-corrected chi connectivity index (χ0v) is 14.0. The highest BCUT2D eigenvalue weighted by Crippen LogP contribution is 2.29. The fraction of sp³-hybridized carbons (Fsp3) is 0.500. The molecule has 1 aromatic carbocycles. The van der Waals surface area contributed by atoms with E-state index in [1.807, 2.05) is 6.07 Å². The van der Waals surface area contributed by atoms with Gasteiger partial charge < -0.3 is 9.64 Å². The third-order valence-electron chi connectivity index (χ3n) is 3.88. The number of hydrazine groups is 1. The average Bonchev–Trinajstić information content (AvgIpc) is 2.95. The number of nitrogens with zero attached hydrogens (tertiary/aromatic N) is 1. The Morgan fingerprint density at radius 3 is 2.82 bits per heavy atom. The van der Waals surface area contributed by atoms with Crippen molar-refractivity contribution in [3.63, 3.8) is 0 Å². The van der Waals surface area contributed by atoms with Gasteiger partial charge in [0.15, 0.2) is 0 Å². The van der Waals surface area contributed by atoms with Crippen LogP contribution >= 0.6 is 34.8 Å². The van der Waals surface area contributed by atoms with Gasteiger partial charge in [0.05, 0.1) is 28.6 Å². The summed E-state index contributed by atoms with van der Waals surface area (Å²) in [5, 5.41) is 0.729. The highest BCUT2D eigenvalue weighted by Gasteiger charge is 2.36. The van der Waals surface area contributed by atoms with Crippen molar-refractivity contribution < 1.29 is 9.53 Å². The number of amides is 1. The lowest BCUT2D eigenvalue weighted by Gasteiger charge is -2.35. The molecule has 3 unspecified atom stereocenters. The van der Waals surface area contributed by atoms with Crippen molar-refractivity contribution in [2.24, 2.45) is 0 Å². The van der Waals surface area contributed by atoms with Gasteiger partial charge in [-0.2, -0.15) is 0 Å². The second kappa shape index (κ2) is 6.91. The van der Waals surface area contributed by atoms with E-state index in [2.05, 4.69) is 10.9 Å². The maximum Gasteiger partial charge on any atom is 0.242 e. The van der Waals surface area contributed by atoms with Gasteiger partial charge >= 0.3 is 0 Å². The van der Waals surface area contributed by atoms with Crippen LogP contribution in [-0.4, -0.2) is 48.5 Å². The third-order valence-corrected chi connectivity index (χ3v) is 5.02. The summed E-state index contributed by atoms with van der Waals surface area (Å²) >= 11 is 18.1. The van der Waals surface area contributed by atoms with Crippen LogP contribution < -0.4 is 10.9 Å². The molecular formula is C14H16Cl3N3O2. The van der Waals surface area contributed by atoms with E-state index < -0.39 is 6.04 Å². The molecule has 0 spiro atoms. The molecule has 0 aliphatic carbocycles. The molecule has 3 rings (SSSR count). The smallest absolute Gasteiger partial charge is 0.242 e. The van der Waals surface area contributed by atoms with E-state index in [9.17, 15) is 4.79 Å². The van der Waals surface area contributed by atoms with Gasteiger partial charge in [0, 0.05) is 13.1 Å². The van der Waals surface area contributed by atoms with E-state index in [1.165, 1.54) is 0 Å². The third kappa shape index (κ3) is 3.35. The highest BCUT2D eigenvalue weighted by molar-refractivity contribution is 6.42. The van der Waals surface area contributed by atoms with E-state index in [0.29, 0.717) is 36.3 Å². The number of hydrogen-bond acceptors (Lipinski definition) is 4. The van der Waals surface area contributed by atoms with E-state index in [1.54, 1.807) is 17.0 Å². The molecule has 0 radical (unpaired) electrons. The number of alkyl halides is 1. The molecule has 2 saturated heterocycles. The van der Waals surface area contributed by atoms with Gasteiger partial charge in [-0.1, -0.05) is 29.3 Å². The van der Waals surface area contributed by atoms with E-state index in [4.69, 9.17) is 39.5 Å². The van der Waals surface area contributed by atoms with Gasteiger partial charge in [0.2, 0.25) is 5.91 Å². The number of benzene rings is 1. The second-order valence-electron chi connectivity index (χ2n) is 5.34. The van der Waals surface area contributed by atoms with Gasteiger partial charge in [-0.3, -0.25) is 10.2 Å².